The zero-order valence-electron chi connectivity index (χ0n) is 9.37. The van der Waals surface area contributed by atoms with Gasteiger partial charge in [-0.2, -0.15) is 0 Å². The third-order valence-corrected chi connectivity index (χ3v) is 4.02. The second-order valence-electron chi connectivity index (χ2n) is 4.16. The molecule has 0 aliphatic carbocycles. The van der Waals surface area contributed by atoms with Gasteiger partial charge >= 0.3 is 0 Å². The lowest BCUT2D eigenvalue weighted by atomic mass is 10.2. The van der Waals surface area contributed by atoms with Gasteiger partial charge in [-0.05, 0) is 31.4 Å². The molecule has 1 aliphatic rings. The normalized spacial score (nSPS) is 14.9. The largest absolute Gasteiger partial charge is 0.375 e. The Hall–Kier alpha value is -1.42. The van der Waals surface area contributed by atoms with Crippen LogP contribution in [0.2, 0.25) is 0 Å². The highest BCUT2D eigenvalue weighted by molar-refractivity contribution is 7.19. The van der Waals surface area contributed by atoms with Crippen LogP contribution in [-0.4, -0.2) is 11.5 Å². The minimum Gasteiger partial charge on any atom is -0.375 e. The zero-order chi connectivity index (χ0) is 11.7. The first kappa shape index (κ1) is 10.7. The summed E-state index contributed by atoms with van der Waals surface area (Å²) in [6, 6.07) is 6.82. The molecule has 0 fully saturated rings. The molecule has 0 atom stereocenters. The van der Waals surface area contributed by atoms with Crippen molar-refractivity contribution >= 4 is 16.3 Å². The number of benzene rings is 1. The Morgan fingerprint density at radius 3 is 3.00 bits per heavy atom. The maximum absolute atomic E-state index is 13.7. The van der Waals surface area contributed by atoms with Crippen LogP contribution in [0.5, 0.6) is 0 Å². The third-order valence-electron chi connectivity index (χ3n) is 2.93. The maximum atomic E-state index is 13.7. The highest BCUT2D eigenvalue weighted by atomic mass is 32.1. The van der Waals surface area contributed by atoms with E-state index < -0.39 is 0 Å². The number of fused-ring (bicyclic) bond motifs is 1. The quantitative estimate of drug-likeness (QED) is 0.832. The van der Waals surface area contributed by atoms with Gasteiger partial charge in [0.25, 0.3) is 0 Å². The van der Waals surface area contributed by atoms with Gasteiger partial charge in [-0.15, -0.1) is 0 Å². The van der Waals surface area contributed by atoms with Crippen molar-refractivity contribution in [3.63, 3.8) is 0 Å². The summed E-state index contributed by atoms with van der Waals surface area (Å²) in [7, 11) is 0. The van der Waals surface area contributed by atoms with Crippen LogP contribution < -0.4 is 5.32 Å². The summed E-state index contributed by atoms with van der Waals surface area (Å²) in [6.45, 7) is 0.992. The van der Waals surface area contributed by atoms with Gasteiger partial charge in [0.1, 0.15) is 15.8 Å². The number of rotatable bonds is 1. The fraction of sp³-hybridized carbons (Fsp3) is 0.308. The van der Waals surface area contributed by atoms with Gasteiger partial charge in [0.2, 0.25) is 0 Å². The fourth-order valence-corrected chi connectivity index (χ4v) is 3.09. The highest BCUT2D eigenvalue weighted by Crippen LogP contribution is 2.35. The molecule has 0 spiro atoms. The van der Waals surface area contributed by atoms with Gasteiger partial charge in [-0.1, -0.05) is 23.5 Å². The lowest BCUT2D eigenvalue weighted by Gasteiger charge is -1.98. The molecule has 1 aromatic carbocycles. The molecule has 2 heterocycles. The first-order valence-corrected chi connectivity index (χ1v) is 6.65. The summed E-state index contributed by atoms with van der Waals surface area (Å²) < 4.78 is 13.7. The van der Waals surface area contributed by atoms with Crippen LogP contribution in [0.1, 0.15) is 18.5 Å². The Morgan fingerprint density at radius 1 is 1.24 bits per heavy atom. The predicted octanol–water partition coefficient (Wildman–Crippen LogP) is 3.70. The summed E-state index contributed by atoms with van der Waals surface area (Å²) in [5.74, 6) is -0.198. The number of hydrogen-bond acceptors (Lipinski definition) is 3. The van der Waals surface area contributed by atoms with Crippen LogP contribution >= 0.6 is 11.3 Å². The average Bonchev–Trinajstić information content (AvgIpc) is 2.61. The molecular formula is C13H13FN2S. The Morgan fingerprint density at radius 2 is 2.12 bits per heavy atom. The van der Waals surface area contributed by atoms with E-state index in [1.807, 2.05) is 6.07 Å². The molecule has 0 amide bonds. The van der Waals surface area contributed by atoms with E-state index in [9.17, 15) is 4.39 Å². The Bertz CT molecular complexity index is 512. The van der Waals surface area contributed by atoms with Gasteiger partial charge < -0.3 is 5.32 Å². The second kappa shape index (κ2) is 4.45. The van der Waals surface area contributed by atoms with Crippen molar-refractivity contribution in [2.45, 2.75) is 19.3 Å². The van der Waals surface area contributed by atoms with Crippen LogP contribution in [0.3, 0.4) is 0 Å². The van der Waals surface area contributed by atoms with E-state index in [2.05, 4.69) is 10.3 Å². The fourth-order valence-electron chi connectivity index (χ4n) is 2.03. The van der Waals surface area contributed by atoms with E-state index in [0.29, 0.717) is 5.56 Å². The summed E-state index contributed by atoms with van der Waals surface area (Å²) in [6.07, 6.45) is 3.33. The van der Waals surface area contributed by atoms with Crippen molar-refractivity contribution in [3.05, 3.63) is 35.8 Å². The zero-order valence-corrected chi connectivity index (χ0v) is 10.2. The molecule has 2 nitrogen and oxygen atoms in total. The van der Waals surface area contributed by atoms with Crippen molar-refractivity contribution in [2.75, 3.05) is 11.9 Å². The van der Waals surface area contributed by atoms with Gasteiger partial charge in [-0.3, -0.25) is 0 Å². The van der Waals surface area contributed by atoms with Gasteiger partial charge in [0.15, 0.2) is 0 Å². The van der Waals surface area contributed by atoms with E-state index in [0.717, 1.165) is 35.1 Å². The first-order chi connectivity index (χ1) is 8.34. The smallest absolute Gasteiger partial charge is 0.133 e. The van der Waals surface area contributed by atoms with E-state index in [4.69, 9.17) is 0 Å². The molecule has 17 heavy (non-hydrogen) atoms. The number of aryl methyl sites for hydroxylation is 1. The number of aromatic nitrogens is 1. The number of halogens is 1. The van der Waals surface area contributed by atoms with E-state index in [-0.39, 0.29) is 5.82 Å². The molecule has 0 radical (unpaired) electrons. The monoisotopic (exact) mass is 248 g/mol. The number of anilines is 1. The van der Waals surface area contributed by atoms with Crippen LogP contribution in [0.25, 0.3) is 10.6 Å². The molecule has 1 aromatic heterocycles. The summed E-state index contributed by atoms with van der Waals surface area (Å²) >= 11 is 1.55. The summed E-state index contributed by atoms with van der Waals surface area (Å²) in [5.41, 5.74) is 1.69. The van der Waals surface area contributed by atoms with Gasteiger partial charge in [0.05, 0.1) is 5.69 Å². The molecule has 1 N–H and O–H groups in total. The van der Waals surface area contributed by atoms with Crippen LogP contribution in [0.15, 0.2) is 24.3 Å². The molecule has 88 valence electrons. The topological polar surface area (TPSA) is 24.9 Å². The van der Waals surface area contributed by atoms with Crippen molar-refractivity contribution in [2.24, 2.45) is 0 Å². The SMILES string of the molecule is Fc1ccccc1-c1nc2c(s1)NCCCC2. The molecule has 4 heteroatoms. The van der Waals surface area contributed by atoms with Crippen molar-refractivity contribution in [1.82, 2.24) is 4.98 Å². The Balaban J connectivity index is 2.02. The third kappa shape index (κ3) is 2.05. The minimum atomic E-state index is -0.198. The first-order valence-electron chi connectivity index (χ1n) is 5.83. The molecule has 0 saturated carbocycles. The van der Waals surface area contributed by atoms with Gasteiger partial charge in [0, 0.05) is 12.1 Å². The van der Waals surface area contributed by atoms with Gasteiger partial charge in [-0.25, -0.2) is 9.37 Å². The Labute approximate surface area is 104 Å². The number of thiazole rings is 1. The van der Waals surface area contributed by atoms with Crippen molar-refractivity contribution in [1.29, 1.82) is 0 Å². The molecular weight excluding hydrogens is 235 g/mol. The molecule has 0 unspecified atom stereocenters. The van der Waals surface area contributed by atoms with E-state index in [1.54, 1.807) is 23.5 Å². The number of nitrogens with zero attached hydrogens (tertiary/aromatic N) is 1. The van der Waals surface area contributed by atoms with Crippen LogP contribution in [0, 0.1) is 5.82 Å². The second-order valence-corrected chi connectivity index (χ2v) is 5.16. The molecule has 0 saturated heterocycles. The average molecular weight is 248 g/mol. The lowest BCUT2D eigenvalue weighted by Crippen LogP contribution is -1.96. The summed E-state index contributed by atoms with van der Waals surface area (Å²) in [4.78, 5) is 4.56. The minimum absolute atomic E-state index is 0.198. The van der Waals surface area contributed by atoms with Crippen molar-refractivity contribution in [3.8, 4) is 10.6 Å². The van der Waals surface area contributed by atoms with Crippen molar-refractivity contribution < 1.29 is 4.39 Å². The molecule has 0 bridgehead atoms. The Kier molecular flexibility index (Phi) is 2.81. The summed E-state index contributed by atoms with van der Waals surface area (Å²) in [5, 5.41) is 5.26. The van der Waals surface area contributed by atoms with Crippen LogP contribution in [-0.2, 0) is 6.42 Å². The van der Waals surface area contributed by atoms with E-state index >= 15 is 0 Å². The van der Waals surface area contributed by atoms with E-state index in [1.165, 1.54) is 12.5 Å². The highest BCUT2D eigenvalue weighted by Gasteiger charge is 2.16. The molecule has 3 rings (SSSR count). The molecule has 2 aromatic rings. The number of hydrogen-bond donors (Lipinski definition) is 1. The predicted molar refractivity (Wildman–Crippen MR) is 68.9 cm³/mol. The molecule has 1 aliphatic heterocycles. The standard InChI is InChI=1S/C13H13FN2S/c14-10-6-2-1-5-9(10)12-16-11-7-3-4-8-15-13(11)17-12/h1-2,5-6,15H,3-4,7-8H2. The van der Waals surface area contributed by atoms with Crippen LogP contribution in [0.4, 0.5) is 9.39 Å². The lowest BCUT2D eigenvalue weighted by molar-refractivity contribution is 0.631. The maximum Gasteiger partial charge on any atom is 0.133 e. The number of nitrogens with one attached hydrogen (secondary N) is 1.